The Bertz CT molecular complexity index is 1510. The fraction of sp³-hybridized carbons (Fsp3) is 0.343. The molecular weight excluding hydrogens is 528 g/mol. The van der Waals surface area contributed by atoms with Crippen LogP contribution in [0.15, 0.2) is 88.1 Å². The molecule has 7 heteroatoms. The number of aromatic nitrogens is 2. The highest BCUT2D eigenvalue weighted by Gasteiger charge is 2.13. The highest BCUT2D eigenvalue weighted by atomic mass is 16.5. The van der Waals surface area contributed by atoms with Gasteiger partial charge in [-0.1, -0.05) is 93.9 Å². The summed E-state index contributed by atoms with van der Waals surface area (Å²) in [5.41, 5.74) is 5.46. The van der Waals surface area contributed by atoms with E-state index in [-0.39, 0.29) is 23.6 Å². The molecule has 2 N–H and O–H groups in total. The summed E-state index contributed by atoms with van der Waals surface area (Å²) >= 11 is 0. The number of benzene rings is 3. The van der Waals surface area contributed by atoms with Crippen molar-refractivity contribution in [2.45, 2.75) is 71.3 Å². The van der Waals surface area contributed by atoms with E-state index in [1.165, 1.54) is 11.1 Å². The van der Waals surface area contributed by atoms with Crippen molar-refractivity contribution in [3.63, 3.8) is 0 Å². The van der Waals surface area contributed by atoms with E-state index in [4.69, 9.17) is 14.3 Å². The molecule has 0 saturated heterocycles. The van der Waals surface area contributed by atoms with E-state index in [0.29, 0.717) is 13.0 Å². The first-order chi connectivity index (χ1) is 20.2. The maximum Gasteiger partial charge on any atom is 0.434 e. The van der Waals surface area contributed by atoms with Gasteiger partial charge in [0.2, 0.25) is 5.89 Å². The van der Waals surface area contributed by atoms with Crippen molar-refractivity contribution >= 4 is 12.0 Å². The number of para-hydroxylation sites is 1. The summed E-state index contributed by atoms with van der Waals surface area (Å²) in [6.07, 6.45) is 8.75. The Morgan fingerprint density at radius 1 is 0.976 bits per heavy atom. The number of aliphatic carboxylic acids is 1. The summed E-state index contributed by atoms with van der Waals surface area (Å²) in [6, 6.07) is 24.5. The molecule has 0 fully saturated rings. The molecule has 1 unspecified atom stereocenters. The number of carboxylic acids is 1. The van der Waals surface area contributed by atoms with Gasteiger partial charge in [-0.25, -0.2) is 9.89 Å². The average molecular weight is 569 g/mol. The molecule has 0 aliphatic rings. The summed E-state index contributed by atoms with van der Waals surface area (Å²) in [5, 5.41) is 15.2. The van der Waals surface area contributed by atoms with Crippen LogP contribution in [0.2, 0.25) is 0 Å². The number of hydrogen-bond acceptors (Lipinski definition) is 5. The van der Waals surface area contributed by atoms with Crippen molar-refractivity contribution in [3.05, 3.63) is 112 Å². The average Bonchev–Trinajstić information content (AvgIpc) is 3.41. The molecule has 7 nitrogen and oxygen atoms in total. The van der Waals surface area contributed by atoms with E-state index in [0.717, 1.165) is 48.1 Å². The summed E-state index contributed by atoms with van der Waals surface area (Å²) in [5.74, 6) is 0.0516. The molecule has 0 radical (unpaired) electrons. The quantitative estimate of drug-likeness (QED) is 0.150. The topological polar surface area (TPSA) is 105 Å². The SMILES string of the molecule is CC(C)(C)c1ccc(COc2ccccc2C=CC(CCCCC(=O)O)CCc2ccc(-c3n[nH]c(=O)o3)cc2)cc1. The van der Waals surface area contributed by atoms with Crippen LogP contribution in [0.4, 0.5) is 0 Å². The van der Waals surface area contributed by atoms with Gasteiger partial charge in [-0.2, -0.15) is 0 Å². The van der Waals surface area contributed by atoms with Gasteiger partial charge in [0.15, 0.2) is 0 Å². The summed E-state index contributed by atoms with van der Waals surface area (Å²) in [6.45, 7) is 7.12. The Morgan fingerprint density at radius 3 is 2.36 bits per heavy atom. The van der Waals surface area contributed by atoms with Crippen LogP contribution < -0.4 is 10.5 Å². The number of hydrogen-bond donors (Lipinski definition) is 2. The predicted octanol–water partition coefficient (Wildman–Crippen LogP) is 7.81. The number of unbranched alkanes of at least 4 members (excludes halogenated alkanes) is 1. The lowest BCUT2D eigenvalue weighted by Crippen LogP contribution is -2.10. The Hall–Kier alpha value is -4.39. The molecule has 4 aromatic rings. The Morgan fingerprint density at radius 2 is 1.69 bits per heavy atom. The highest BCUT2D eigenvalue weighted by molar-refractivity contribution is 5.66. The van der Waals surface area contributed by atoms with Gasteiger partial charge in [0, 0.05) is 17.5 Å². The van der Waals surface area contributed by atoms with Gasteiger partial charge in [-0.05, 0) is 71.9 Å². The number of allylic oxidation sites excluding steroid dienone is 1. The van der Waals surface area contributed by atoms with Gasteiger partial charge >= 0.3 is 11.7 Å². The highest BCUT2D eigenvalue weighted by Crippen LogP contribution is 2.26. The maximum absolute atomic E-state index is 11.2. The van der Waals surface area contributed by atoms with Gasteiger partial charge in [-0.3, -0.25) is 4.79 Å². The molecule has 0 amide bonds. The second kappa shape index (κ2) is 14.5. The van der Waals surface area contributed by atoms with Crippen LogP contribution in [0, 0.1) is 5.92 Å². The lowest BCUT2D eigenvalue weighted by Gasteiger charge is -2.19. The lowest BCUT2D eigenvalue weighted by atomic mass is 9.87. The fourth-order valence-corrected chi connectivity index (χ4v) is 4.79. The van der Waals surface area contributed by atoms with Gasteiger partial charge in [0.25, 0.3) is 0 Å². The summed E-state index contributed by atoms with van der Waals surface area (Å²) in [4.78, 5) is 22.2. The van der Waals surface area contributed by atoms with E-state index in [2.05, 4.69) is 73.5 Å². The molecule has 0 aliphatic carbocycles. The molecule has 1 atom stereocenters. The van der Waals surface area contributed by atoms with Crippen LogP contribution in [0.3, 0.4) is 0 Å². The first kappa shape index (κ1) is 30.6. The Labute approximate surface area is 247 Å². The molecule has 0 spiro atoms. The number of nitrogens with zero attached hydrogens (tertiary/aromatic N) is 1. The molecule has 1 heterocycles. The minimum Gasteiger partial charge on any atom is -0.488 e. The third-order valence-corrected chi connectivity index (χ3v) is 7.34. The zero-order valence-corrected chi connectivity index (χ0v) is 24.6. The van der Waals surface area contributed by atoms with Crippen molar-refractivity contribution in [2.75, 3.05) is 0 Å². The van der Waals surface area contributed by atoms with Crippen LogP contribution in [-0.2, 0) is 23.2 Å². The predicted molar refractivity (Wildman–Crippen MR) is 165 cm³/mol. The van der Waals surface area contributed by atoms with Crippen LogP contribution >= 0.6 is 0 Å². The molecule has 4 rings (SSSR count). The van der Waals surface area contributed by atoms with Crippen molar-refractivity contribution in [1.29, 1.82) is 0 Å². The molecular formula is C35H40N2O5. The maximum atomic E-state index is 11.2. The number of H-pyrrole nitrogens is 1. The standard InChI is InChI=1S/C35H40N2O5/c1-35(2,3)30-22-17-27(18-23-30)24-41-31-10-6-5-9-28(31)19-14-25(8-4-7-11-32(38)39)12-13-26-15-20-29(21-16-26)33-36-37-34(40)42-33/h5-6,9-10,14-23,25H,4,7-8,11-13,24H2,1-3H3,(H,37,40)(H,38,39). The Balaban J connectivity index is 1.40. The minimum atomic E-state index is -0.756. The first-order valence-electron chi connectivity index (χ1n) is 14.5. The zero-order chi connectivity index (χ0) is 30.0. The van der Waals surface area contributed by atoms with E-state index in [9.17, 15) is 9.59 Å². The van der Waals surface area contributed by atoms with Gasteiger partial charge < -0.3 is 14.3 Å². The number of rotatable bonds is 14. The number of carboxylic acid groups (broad SMARTS) is 1. The monoisotopic (exact) mass is 568 g/mol. The van der Waals surface area contributed by atoms with Crippen LogP contribution in [-0.4, -0.2) is 21.3 Å². The molecule has 3 aromatic carbocycles. The smallest absolute Gasteiger partial charge is 0.434 e. The number of carbonyl (C=O) groups is 1. The molecule has 1 aromatic heterocycles. The van der Waals surface area contributed by atoms with Crippen molar-refractivity contribution in [3.8, 4) is 17.2 Å². The molecule has 0 aliphatic heterocycles. The molecule has 42 heavy (non-hydrogen) atoms. The Kier molecular flexibility index (Phi) is 10.5. The van der Waals surface area contributed by atoms with Crippen LogP contribution in [0.5, 0.6) is 5.75 Å². The van der Waals surface area contributed by atoms with Gasteiger partial charge in [0.1, 0.15) is 12.4 Å². The van der Waals surface area contributed by atoms with Crippen LogP contribution in [0.1, 0.15) is 75.1 Å². The molecule has 220 valence electrons. The molecule has 0 bridgehead atoms. The van der Waals surface area contributed by atoms with Crippen molar-refractivity contribution in [2.24, 2.45) is 5.92 Å². The van der Waals surface area contributed by atoms with E-state index >= 15 is 0 Å². The third-order valence-electron chi connectivity index (χ3n) is 7.34. The second-order valence-electron chi connectivity index (χ2n) is 11.7. The minimum absolute atomic E-state index is 0.115. The van der Waals surface area contributed by atoms with E-state index in [1.54, 1.807) is 0 Å². The van der Waals surface area contributed by atoms with Crippen LogP contribution in [0.25, 0.3) is 17.5 Å². The molecule has 0 saturated carbocycles. The largest absolute Gasteiger partial charge is 0.488 e. The number of nitrogens with one attached hydrogen (secondary N) is 1. The fourth-order valence-electron chi connectivity index (χ4n) is 4.79. The summed E-state index contributed by atoms with van der Waals surface area (Å²) < 4.78 is 11.3. The van der Waals surface area contributed by atoms with E-state index in [1.807, 2.05) is 42.5 Å². The number of ether oxygens (including phenoxy) is 1. The summed E-state index contributed by atoms with van der Waals surface area (Å²) in [7, 11) is 0. The third kappa shape index (κ3) is 9.33. The first-order valence-corrected chi connectivity index (χ1v) is 14.5. The van der Waals surface area contributed by atoms with Crippen molar-refractivity contribution < 1.29 is 19.1 Å². The normalized spacial score (nSPS) is 12.5. The lowest BCUT2D eigenvalue weighted by molar-refractivity contribution is -0.137. The second-order valence-corrected chi connectivity index (χ2v) is 11.7. The van der Waals surface area contributed by atoms with Crippen molar-refractivity contribution in [1.82, 2.24) is 10.2 Å². The van der Waals surface area contributed by atoms with Gasteiger partial charge in [0.05, 0.1) is 0 Å². The van der Waals surface area contributed by atoms with E-state index < -0.39 is 11.7 Å². The number of aryl methyl sites for hydroxylation is 1. The number of aromatic amines is 1. The zero-order valence-electron chi connectivity index (χ0n) is 24.6. The van der Waals surface area contributed by atoms with Gasteiger partial charge in [-0.15, -0.1) is 5.10 Å².